The predicted molar refractivity (Wildman–Crippen MR) is 112 cm³/mol. The molecule has 7 nitrogen and oxygen atoms in total. The first-order valence-corrected chi connectivity index (χ1v) is 10.5. The van der Waals surface area contributed by atoms with E-state index in [4.69, 9.17) is 9.90 Å². The van der Waals surface area contributed by atoms with Crippen LogP contribution < -0.4 is 0 Å². The predicted octanol–water partition coefficient (Wildman–Crippen LogP) is 3.61. The van der Waals surface area contributed by atoms with Crippen LogP contribution in [0.1, 0.15) is 34.6 Å². The highest BCUT2D eigenvalue weighted by molar-refractivity contribution is 7.14. The molecule has 3 heterocycles. The molecule has 5 rings (SSSR count). The molecule has 0 radical (unpaired) electrons. The number of hydrogen-bond acceptors (Lipinski definition) is 6. The SMILES string of the molecule is Cc1cnc(-c2ccc3c(C(=O)CC4CC5CC4CN5C)n[nH]c3c2)s1.O=CO. The monoisotopic (exact) mass is 412 g/mol. The minimum Gasteiger partial charge on any atom is -0.483 e. The molecule has 1 aromatic carbocycles. The molecule has 0 spiro atoms. The van der Waals surface area contributed by atoms with Crippen molar-refractivity contribution in [2.45, 2.75) is 32.2 Å². The van der Waals surface area contributed by atoms with E-state index in [0.717, 1.165) is 34.4 Å². The van der Waals surface area contributed by atoms with Crippen molar-refractivity contribution in [2.75, 3.05) is 13.6 Å². The van der Waals surface area contributed by atoms with Crippen LogP contribution in [0, 0.1) is 18.8 Å². The Hall–Kier alpha value is -2.58. The van der Waals surface area contributed by atoms with E-state index < -0.39 is 0 Å². The molecule has 3 atom stereocenters. The number of aryl methyl sites for hydroxylation is 1. The number of nitrogens with zero attached hydrogens (tertiary/aromatic N) is 3. The van der Waals surface area contributed by atoms with Gasteiger partial charge in [-0.3, -0.25) is 14.7 Å². The van der Waals surface area contributed by atoms with Crippen molar-refractivity contribution in [2.24, 2.45) is 11.8 Å². The van der Waals surface area contributed by atoms with Crippen molar-refractivity contribution >= 4 is 34.5 Å². The number of aromatic nitrogens is 3. The standard InChI is InChI=1S/C20H22N4OS.CH2O2/c1-11-9-21-20(26-11)12-3-4-16-17(7-12)22-23-19(16)18(25)8-13-5-15-6-14(13)10-24(15)2;2-1-3/h3-4,7,9,13-15H,5-6,8,10H2,1-2H3,(H,22,23);1H,(H,2,3). The number of hydrogen-bond donors (Lipinski definition) is 2. The number of H-pyrrole nitrogens is 1. The van der Waals surface area contributed by atoms with Gasteiger partial charge in [-0.1, -0.05) is 6.07 Å². The summed E-state index contributed by atoms with van der Waals surface area (Å²) in [5.74, 6) is 1.38. The maximum Gasteiger partial charge on any atom is 0.290 e. The summed E-state index contributed by atoms with van der Waals surface area (Å²) in [5.41, 5.74) is 2.57. The third-order valence-electron chi connectivity index (χ3n) is 6.10. The van der Waals surface area contributed by atoms with Gasteiger partial charge in [0, 0.05) is 41.0 Å². The van der Waals surface area contributed by atoms with Gasteiger partial charge in [0.1, 0.15) is 10.7 Å². The summed E-state index contributed by atoms with van der Waals surface area (Å²) in [6.45, 7) is 2.95. The number of carbonyl (C=O) groups is 2. The number of thiazole rings is 1. The number of benzene rings is 1. The van der Waals surface area contributed by atoms with Crippen LogP contribution in [0.3, 0.4) is 0 Å². The van der Waals surface area contributed by atoms with E-state index in [9.17, 15) is 4.79 Å². The molecule has 3 unspecified atom stereocenters. The van der Waals surface area contributed by atoms with Crippen molar-refractivity contribution in [3.8, 4) is 10.6 Å². The Kier molecular flexibility index (Phi) is 5.47. The molecule has 2 N–H and O–H groups in total. The first-order chi connectivity index (χ1) is 14.0. The van der Waals surface area contributed by atoms with Gasteiger partial charge in [-0.2, -0.15) is 5.10 Å². The van der Waals surface area contributed by atoms with Crippen molar-refractivity contribution in [1.82, 2.24) is 20.1 Å². The molecular formula is C21H24N4O3S. The zero-order valence-electron chi connectivity index (χ0n) is 16.5. The number of piperidine rings is 1. The minimum atomic E-state index is -0.250. The number of fused-ring (bicyclic) bond motifs is 3. The fraction of sp³-hybridized carbons (Fsp3) is 0.429. The summed E-state index contributed by atoms with van der Waals surface area (Å²) in [6.07, 6.45) is 4.93. The number of rotatable bonds is 4. The highest BCUT2D eigenvalue weighted by atomic mass is 32.1. The molecule has 2 aliphatic rings. The fourth-order valence-corrected chi connectivity index (χ4v) is 5.48. The Morgan fingerprint density at radius 1 is 1.41 bits per heavy atom. The number of Topliss-reactive ketones (excluding diaryl/α,β-unsaturated/α-hetero) is 1. The maximum absolute atomic E-state index is 12.9. The fourth-order valence-electron chi connectivity index (χ4n) is 4.72. The zero-order chi connectivity index (χ0) is 20.5. The van der Waals surface area contributed by atoms with Gasteiger partial charge in [-0.15, -0.1) is 11.3 Å². The molecule has 2 fully saturated rings. The normalized spacial score (nSPS) is 23.2. The molecule has 1 saturated heterocycles. The van der Waals surface area contributed by atoms with Crippen LogP contribution in [0.5, 0.6) is 0 Å². The molecule has 8 heteroatoms. The van der Waals surface area contributed by atoms with Crippen LogP contribution in [0.25, 0.3) is 21.5 Å². The van der Waals surface area contributed by atoms with Crippen molar-refractivity contribution in [3.63, 3.8) is 0 Å². The van der Waals surface area contributed by atoms with Gasteiger partial charge in [-0.25, -0.2) is 4.98 Å². The molecule has 1 aliphatic heterocycles. The van der Waals surface area contributed by atoms with E-state index in [1.54, 1.807) is 11.3 Å². The molecular weight excluding hydrogens is 388 g/mol. The Morgan fingerprint density at radius 3 is 2.83 bits per heavy atom. The summed E-state index contributed by atoms with van der Waals surface area (Å²) < 4.78 is 0. The molecule has 2 bridgehead atoms. The summed E-state index contributed by atoms with van der Waals surface area (Å²) in [7, 11) is 2.20. The lowest BCUT2D eigenvalue weighted by atomic mass is 9.89. The van der Waals surface area contributed by atoms with E-state index in [1.807, 2.05) is 24.4 Å². The maximum atomic E-state index is 12.9. The lowest BCUT2D eigenvalue weighted by Crippen LogP contribution is -2.32. The minimum absolute atomic E-state index is 0.175. The zero-order valence-corrected chi connectivity index (χ0v) is 17.3. The van der Waals surface area contributed by atoms with Gasteiger partial charge in [0.25, 0.3) is 6.47 Å². The second-order valence-corrected chi connectivity index (χ2v) is 9.16. The van der Waals surface area contributed by atoms with Gasteiger partial charge in [-0.05, 0) is 50.8 Å². The van der Waals surface area contributed by atoms with E-state index in [-0.39, 0.29) is 12.3 Å². The Morgan fingerprint density at radius 2 is 2.21 bits per heavy atom. The average molecular weight is 413 g/mol. The first kappa shape index (κ1) is 19.7. The molecule has 29 heavy (non-hydrogen) atoms. The number of ketones is 1. The van der Waals surface area contributed by atoms with E-state index >= 15 is 0 Å². The lowest BCUT2D eigenvalue weighted by Gasteiger charge is -2.27. The van der Waals surface area contributed by atoms with Crippen molar-refractivity contribution in [1.29, 1.82) is 0 Å². The van der Waals surface area contributed by atoms with Gasteiger partial charge in [0.2, 0.25) is 0 Å². The van der Waals surface area contributed by atoms with Crippen LogP contribution in [-0.2, 0) is 4.79 Å². The van der Waals surface area contributed by atoms with E-state index in [0.29, 0.717) is 30.0 Å². The number of nitrogens with one attached hydrogen (secondary N) is 1. The largest absolute Gasteiger partial charge is 0.483 e. The highest BCUT2D eigenvalue weighted by Gasteiger charge is 2.43. The summed E-state index contributed by atoms with van der Waals surface area (Å²) in [6, 6.07) is 6.77. The Bertz CT molecular complexity index is 1040. The third-order valence-corrected chi connectivity index (χ3v) is 7.07. The average Bonchev–Trinajstić information content (AvgIpc) is 3.45. The lowest BCUT2D eigenvalue weighted by molar-refractivity contribution is -0.122. The summed E-state index contributed by atoms with van der Waals surface area (Å²) >= 11 is 1.67. The summed E-state index contributed by atoms with van der Waals surface area (Å²) in [4.78, 5) is 29.3. The van der Waals surface area contributed by atoms with Crippen molar-refractivity contribution < 1.29 is 14.7 Å². The van der Waals surface area contributed by atoms with Crippen LogP contribution in [0.2, 0.25) is 0 Å². The highest BCUT2D eigenvalue weighted by Crippen LogP contribution is 2.43. The second kappa shape index (κ2) is 8.04. The van der Waals surface area contributed by atoms with Gasteiger partial charge in [0.15, 0.2) is 5.78 Å². The number of carboxylic acid groups (broad SMARTS) is 1. The van der Waals surface area contributed by atoms with Crippen molar-refractivity contribution in [3.05, 3.63) is 35.0 Å². The molecule has 2 aromatic heterocycles. The van der Waals surface area contributed by atoms with Crippen LogP contribution >= 0.6 is 11.3 Å². The molecule has 152 valence electrons. The van der Waals surface area contributed by atoms with E-state index in [1.165, 1.54) is 11.3 Å². The Balaban J connectivity index is 0.000000645. The Labute approximate surface area is 172 Å². The molecule has 3 aromatic rings. The smallest absolute Gasteiger partial charge is 0.290 e. The summed E-state index contributed by atoms with van der Waals surface area (Å²) in [5, 5.41) is 16.2. The number of carbonyl (C=O) groups excluding carboxylic acids is 1. The first-order valence-electron chi connectivity index (χ1n) is 9.72. The van der Waals surface area contributed by atoms with Gasteiger partial charge < -0.3 is 10.0 Å². The topological polar surface area (TPSA) is 99.2 Å². The molecule has 1 saturated carbocycles. The molecule has 0 amide bonds. The molecule has 1 aliphatic carbocycles. The van der Waals surface area contributed by atoms with E-state index in [2.05, 4.69) is 34.1 Å². The second-order valence-electron chi connectivity index (χ2n) is 7.93. The van der Waals surface area contributed by atoms with Crippen LogP contribution in [0.15, 0.2) is 24.4 Å². The number of aromatic amines is 1. The van der Waals surface area contributed by atoms with Crippen LogP contribution in [0.4, 0.5) is 0 Å². The number of likely N-dealkylation sites (tertiary alicyclic amines) is 1. The van der Waals surface area contributed by atoms with Gasteiger partial charge in [0.05, 0.1) is 5.52 Å². The third kappa shape index (κ3) is 3.82. The quantitative estimate of drug-likeness (QED) is 0.502. The van der Waals surface area contributed by atoms with Gasteiger partial charge >= 0.3 is 0 Å². The van der Waals surface area contributed by atoms with Crippen LogP contribution in [-0.4, -0.2) is 57.1 Å².